The molecule has 29 heavy (non-hydrogen) atoms. The van der Waals surface area contributed by atoms with Crippen LogP contribution in [0.4, 0.5) is 5.69 Å². The van der Waals surface area contributed by atoms with Gasteiger partial charge in [0.1, 0.15) is 11.4 Å². The van der Waals surface area contributed by atoms with E-state index in [-0.39, 0.29) is 18.4 Å². The minimum atomic E-state index is -0.326. The van der Waals surface area contributed by atoms with Crippen molar-refractivity contribution < 1.29 is 14.3 Å². The molecule has 4 rings (SSSR count). The van der Waals surface area contributed by atoms with E-state index in [1.54, 1.807) is 0 Å². The highest BCUT2D eigenvalue weighted by molar-refractivity contribution is 7.21. The van der Waals surface area contributed by atoms with Crippen LogP contribution in [0.3, 0.4) is 0 Å². The molecule has 1 aliphatic rings. The third kappa shape index (κ3) is 3.35. The van der Waals surface area contributed by atoms with Gasteiger partial charge in [0.05, 0.1) is 28.7 Å². The maximum Gasteiger partial charge on any atom is 0.348 e. The summed E-state index contributed by atoms with van der Waals surface area (Å²) in [6.45, 7) is 4.66. The van der Waals surface area contributed by atoms with Gasteiger partial charge in [-0.25, -0.2) is 4.79 Å². The van der Waals surface area contributed by atoms with Crippen molar-refractivity contribution in [1.29, 1.82) is 0 Å². The van der Waals surface area contributed by atoms with Gasteiger partial charge in [0.15, 0.2) is 0 Å². The Labute approximate surface area is 174 Å². The van der Waals surface area contributed by atoms with Gasteiger partial charge in [0.2, 0.25) is 5.91 Å². The first-order valence-corrected chi connectivity index (χ1v) is 11.0. The van der Waals surface area contributed by atoms with Crippen LogP contribution in [0.2, 0.25) is 0 Å². The number of anilines is 1. The van der Waals surface area contributed by atoms with Crippen molar-refractivity contribution in [2.75, 3.05) is 12.4 Å². The Morgan fingerprint density at radius 1 is 1.24 bits per heavy atom. The van der Waals surface area contributed by atoms with Crippen molar-refractivity contribution in [2.45, 2.75) is 52.0 Å². The summed E-state index contributed by atoms with van der Waals surface area (Å²) in [6.07, 6.45) is 4.33. The van der Waals surface area contributed by atoms with Crippen molar-refractivity contribution in [3.8, 4) is 11.3 Å². The minimum Gasteiger partial charge on any atom is -0.465 e. The molecule has 0 spiro atoms. The molecule has 6 heteroatoms. The summed E-state index contributed by atoms with van der Waals surface area (Å²) < 4.78 is 8.16. The van der Waals surface area contributed by atoms with Crippen LogP contribution in [-0.2, 0) is 16.1 Å². The molecule has 0 atom stereocenters. The summed E-state index contributed by atoms with van der Waals surface area (Å²) in [5, 5.41) is 3.04. The molecule has 3 aromatic rings. The molecule has 5 nitrogen and oxygen atoms in total. The number of hydrogen-bond acceptors (Lipinski definition) is 4. The number of carbonyl (C=O) groups excluding carboxylic acids is 2. The number of hydrogen-bond donors (Lipinski definition) is 1. The predicted octanol–water partition coefficient (Wildman–Crippen LogP) is 5.79. The number of ether oxygens (including phenoxy) is 1. The zero-order chi connectivity index (χ0) is 20.5. The number of para-hydroxylation sites is 1. The number of carbonyl (C=O) groups is 2. The highest BCUT2D eigenvalue weighted by Gasteiger charge is 2.31. The van der Waals surface area contributed by atoms with Gasteiger partial charge >= 0.3 is 5.97 Å². The molecule has 1 amide bonds. The zero-order valence-corrected chi connectivity index (χ0v) is 17.9. The first kappa shape index (κ1) is 19.7. The molecule has 0 saturated heterocycles. The van der Waals surface area contributed by atoms with Crippen LogP contribution in [0.1, 0.15) is 60.7 Å². The van der Waals surface area contributed by atoms with Crippen LogP contribution < -0.4 is 5.32 Å². The van der Waals surface area contributed by atoms with Crippen molar-refractivity contribution in [3.63, 3.8) is 0 Å². The Hall–Kier alpha value is -2.60. The van der Waals surface area contributed by atoms with Crippen molar-refractivity contribution in [2.24, 2.45) is 0 Å². The van der Waals surface area contributed by atoms with Gasteiger partial charge in [0, 0.05) is 5.56 Å². The van der Waals surface area contributed by atoms with Crippen LogP contribution in [0.25, 0.3) is 21.5 Å². The average molecular weight is 411 g/mol. The quantitative estimate of drug-likeness (QED) is 0.523. The lowest BCUT2D eigenvalue weighted by Crippen LogP contribution is -2.16. The lowest BCUT2D eigenvalue weighted by Gasteiger charge is -2.19. The van der Waals surface area contributed by atoms with Gasteiger partial charge in [-0.3, -0.25) is 4.79 Å². The lowest BCUT2D eigenvalue weighted by molar-refractivity contribution is -0.116. The molecule has 0 aliphatic carbocycles. The maximum atomic E-state index is 12.7. The monoisotopic (exact) mass is 410 g/mol. The summed E-state index contributed by atoms with van der Waals surface area (Å²) in [7, 11) is 1.40. The summed E-state index contributed by atoms with van der Waals surface area (Å²) in [5.74, 6) is 0.00895. The number of nitrogens with zero attached hydrogens (tertiary/aromatic N) is 1. The Kier molecular flexibility index (Phi) is 5.46. The Morgan fingerprint density at radius 2 is 1.97 bits per heavy atom. The second-order valence-corrected chi connectivity index (χ2v) is 8.59. The predicted molar refractivity (Wildman–Crippen MR) is 118 cm³/mol. The number of thiophene rings is 1. The van der Waals surface area contributed by atoms with Crippen LogP contribution >= 0.6 is 11.3 Å². The Balaban J connectivity index is 2.06. The van der Waals surface area contributed by atoms with Gasteiger partial charge < -0.3 is 14.6 Å². The van der Waals surface area contributed by atoms with Gasteiger partial charge in [-0.1, -0.05) is 44.9 Å². The van der Waals surface area contributed by atoms with Crippen LogP contribution in [0.5, 0.6) is 0 Å². The SMILES string of the molecule is CCCC(CCC)c1c2n(c3cc(C(=O)OC)sc13)CC(=O)Nc1ccccc1-2. The molecule has 152 valence electrons. The molecule has 0 unspecified atom stereocenters. The van der Waals surface area contributed by atoms with Crippen LogP contribution in [0.15, 0.2) is 30.3 Å². The zero-order valence-electron chi connectivity index (χ0n) is 17.1. The van der Waals surface area contributed by atoms with E-state index in [1.165, 1.54) is 24.0 Å². The standard InChI is InChI=1S/C23H26N2O3S/c1-4-8-14(9-5-2)20-21-15-10-6-7-11-16(15)24-19(26)13-25(21)17-12-18(23(27)28-3)29-22(17)20/h6-7,10-12,14H,4-5,8-9,13H2,1-3H3,(H,24,26). The molecule has 1 N–H and O–H groups in total. The molecule has 0 radical (unpaired) electrons. The first-order valence-electron chi connectivity index (χ1n) is 10.2. The lowest BCUT2D eigenvalue weighted by atomic mass is 9.88. The van der Waals surface area contributed by atoms with E-state index in [1.807, 2.05) is 24.3 Å². The summed E-state index contributed by atoms with van der Waals surface area (Å²) in [6, 6.07) is 9.89. The molecular weight excluding hydrogens is 384 g/mol. The van der Waals surface area contributed by atoms with Gasteiger partial charge in [-0.15, -0.1) is 11.3 Å². The van der Waals surface area contributed by atoms with E-state index >= 15 is 0 Å². The summed E-state index contributed by atoms with van der Waals surface area (Å²) >= 11 is 1.49. The van der Waals surface area contributed by atoms with E-state index < -0.39 is 0 Å². The van der Waals surface area contributed by atoms with Crippen LogP contribution in [0, 0.1) is 0 Å². The fraction of sp³-hybridized carbons (Fsp3) is 0.391. The fourth-order valence-corrected chi connectivity index (χ4v) is 5.65. The van der Waals surface area contributed by atoms with Gasteiger partial charge in [0.25, 0.3) is 0 Å². The highest BCUT2D eigenvalue weighted by Crippen LogP contribution is 2.47. The number of methoxy groups -OCH3 is 1. The number of fused-ring (bicyclic) bond motifs is 5. The van der Waals surface area contributed by atoms with E-state index in [2.05, 4.69) is 29.8 Å². The molecule has 1 aromatic carbocycles. The average Bonchev–Trinajstić information content (AvgIpc) is 3.21. The summed E-state index contributed by atoms with van der Waals surface area (Å²) in [4.78, 5) is 25.5. The Bertz CT molecular complexity index is 1070. The number of benzene rings is 1. The smallest absolute Gasteiger partial charge is 0.348 e. The topological polar surface area (TPSA) is 60.3 Å². The third-order valence-corrected chi connectivity index (χ3v) is 6.74. The van der Waals surface area contributed by atoms with E-state index in [0.717, 1.165) is 52.8 Å². The normalized spacial score (nSPS) is 13.2. The fourth-order valence-electron chi connectivity index (χ4n) is 4.44. The van der Waals surface area contributed by atoms with E-state index in [9.17, 15) is 9.59 Å². The second-order valence-electron chi connectivity index (χ2n) is 7.53. The molecule has 0 bridgehead atoms. The Morgan fingerprint density at radius 3 is 2.66 bits per heavy atom. The first-order chi connectivity index (χ1) is 14.1. The van der Waals surface area contributed by atoms with E-state index in [0.29, 0.717) is 10.8 Å². The molecular formula is C23H26N2O3S. The van der Waals surface area contributed by atoms with Crippen molar-refractivity contribution in [3.05, 3.63) is 40.8 Å². The van der Waals surface area contributed by atoms with Crippen molar-refractivity contribution >= 4 is 39.1 Å². The molecule has 0 saturated carbocycles. The molecule has 1 aliphatic heterocycles. The molecule has 0 fully saturated rings. The van der Waals surface area contributed by atoms with Gasteiger partial charge in [-0.2, -0.15) is 0 Å². The number of amides is 1. The molecule has 3 heterocycles. The van der Waals surface area contributed by atoms with Gasteiger partial charge in [-0.05, 0) is 36.5 Å². The molecule has 2 aromatic heterocycles. The third-order valence-electron chi connectivity index (χ3n) is 5.60. The summed E-state index contributed by atoms with van der Waals surface area (Å²) in [5.41, 5.74) is 5.23. The largest absolute Gasteiger partial charge is 0.465 e. The highest BCUT2D eigenvalue weighted by atomic mass is 32.1. The minimum absolute atomic E-state index is 0.0481. The second kappa shape index (κ2) is 8.03. The van der Waals surface area contributed by atoms with Crippen molar-refractivity contribution in [1.82, 2.24) is 4.57 Å². The number of rotatable bonds is 6. The number of nitrogens with one attached hydrogen (secondary N) is 1. The van der Waals surface area contributed by atoms with Crippen LogP contribution in [-0.4, -0.2) is 23.6 Å². The van der Waals surface area contributed by atoms with E-state index in [4.69, 9.17) is 4.74 Å². The maximum absolute atomic E-state index is 12.7. The number of aromatic nitrogens is 1. The number of esters is 1.